The molecule has 0 atom stereocenters. The van der Waals surface area contributed by atoms with Gasteiger partial charge in [0.1, 0.15) is 10.7 Å². The Morgan fingerprint density at radius 3 is 2.41 bits per heavy atom. The Hall–Kier alpha value is -2.29. The maximum atomic E-state index is 14.2. The predicted molar refractivity (Wildman–Crippen MR) is 109 cm³/mol. The first kappa shape index (κ1) is 21.4. The van der Waals surface area contributed by atoms with Crippen LogP contribution in [0.5, 0.6) is 0 Å². The Morgan fingerprint density at radius 1 is 1.10 bits per heavy atom. The summed E-state index contributed by atoms with van der Waals surface area (Å²) in [7, 11) is -3.99. The van der Waals surface area contributed by atoms with E-state index in [1.807, 2.05) is 24.3 Å². The van der Waals surface area contributed by atoms with Crippen molar-refractivity contribution in [2.45, 2.75) is 31.1 Å². The number of nitrogens with one attached hydrogen (secondary N) is 1. The van der Waals surface area contributed by atoms with Crippen molar-refractivity contribution in [1.29, 1.82) is 0 Å². The van der Waals surface area contributed by atoms with Gasteiger partial charge in [-0.05, 0) is 42.2 Å². The summed E-state index contributed by atoms with van der Waals surface area (Å²) in [5.74, 6) is -1.10. The molecule has 1 heterocycles. The summed E-state index contributed by atoms with van der Waals surface area (Å²) in [6, 6.07) is 11.7. The molecule has 6 nitrogen and oxygen atoms in total. The van der Waals surface area contributed by atoms with Crippen LogP contribution in [0.25, 0.3) is 0 Å². The molecule has 0 spiro atoms. The van der Waals surface area contributed by atoms with Crippen molar-refractivity contribution in [1.82, 2.24) is 4.31 Å². The van der Waals surface area contributed by atoms with Gasteiger partial charge in [0.25, 0.3) is 0 Å². The van der Waals surface area contributed by atoms with Crippen LogP contribution in [0.4, 0.5) is 10.1 Å². The Labute approximate surface area is 170 Å². The van der Waals surface area contributed by atoms with E-state index in [2.05, 4.69) is 12.2 Å². The van der Waals surface area contributed by atoms with E-state index in [4.69, 9.17) is 4.74 Å². The number of ether oxygens (including phenoxy) is 1. The van der Waals surface area contributed by atoms with Crippen molar-refractivity contribution in [3.05, 3.63) is 59.4 Å². The lowest BCUT2D eigenvalue weighted by atomic mass is 10.1. The smallest absolute Gasteiger partial charge is 0.246 e. The van der Waals surface area contributed by atoms with E-state index in [1.165, 1.54) is 22.0 Å². The molecule has 0 unspecified atom stereocenters. The van der Waals surface area contributed by atoms with Gasteiger partial charge in [-0.3, -0.25) is 4.79 Å². The third kappa shape index (κ3) is 5.41. The van der Waals surface area contributed by atoms with Crippen LogP contribution in [-0.4, -0.2) is 44.9 Å². The van der Waals surface area contributed by atoms with Crippen LogP contribution in [0.1, 0.15) is 24.5 Å². The number of rotatable bonds is 7. The Balaban J connectivity index is 1.66. The predicted octanol–water partition coefficient (Wildman–Crippen LogP) is 2.98. The molecule has 0 bridgehead atoms. The van der Waals surface area contributed by atoms with Gasteiger partial charge >= 0.3 is 0 Å². The minimum atomic E-state index is -3.99. The Morgan fingerprint density at radius 2 is 1.76 bits per heavy atom. The van der Waals surface area contributed by atoms with Crippen molar-refractivity contribution in [3.63, 3.8) is 0 Å². The second kappa shape index (κ2) is 9.47. The zero-order chi connectivity index (χ0) is 20.9. The Bertz CT molecular complexity index is 955. The number of morpholine rings is 1. The fourth-order valence-electron chi connectivity index (χ4n) is 3.13. The lowest BCUT2D eigenvalue weighted by Gasteiger charge is -2.26. The SMILES string of the molecule is CCc1ccc(CCC(=O)Nc2ccc(F)c(S(=O)(=O)N3CCOCC3)c2)cc1. The average molecular weight is 421 g/mol. The van der Waals surface area contributed by atoms with Crippen LogP contribution in [0, 0.1) is 5.82 Å². The lowest BCUT2D eigenvalue weighted by Crippen LogP contribution is -2.40. The van der Waals surface area contributed by atoms with Gasteiger partial charge in [-0.1, -0.05) is 31.2 Å². The molecule has 3 rings (SSSR count). The van der Waals surface area contributed by atoms with E-state index in [0.717, 1.165) is 18.1 Å². The van der Waals surface area contributed by atoms with Crippen LogP contribution in [0.15, 0.2) is 47.4 Å². The molecule has 8 heteroatoms. The summed E-state index contributed by atoms with van der Waals surface area (Å²) in [6.07, 6.45) is 1.77. The third-order valence-corrected chi connectivity index (χ3v) is 6.79. The van der Waals surface area contributed by atoms with Gasteiger partial charge in [0.15, 0.2) is 0 Å². The average Bonchev–Trinajstić information content (AvgIpc) is 2.74. The first-order valence-corrected chi connectivity index (χ1v) is 11.1. The highest BCUT2D eigenvalue weighted by Gasteiger charge is 2.29. The standard InChI is InChI=1S/C21H25FN2O4S/c1-2-16-3-5-17(6-4-16)7-10-21(25)23-18-8-9-19(22)20(15-18)29(26,27)24-11-13-28-14-12-24/h3-6,8-9,15H,2,7,10-14H2,1H3,(H,23,25). The van der Waals surface area contributed by atoms with Crippen molar-refractivity contribution >= 4 is 21.6 Å². The molecule has 0 saturated carbocycles. The third-order valence-electron chi connectivity index (χ3n) is 4.87. The number of hydrogen-bond acceptors (Lipinski definition) is 4. The van der Waals surface area contributed by atoms with Crippen molar-refractivity contribution < 1.29 is 22.3 Å². The number of halogens is 1. The highest BCUT2D eigenvalue weighted by atomic mass is 32.2. The molecular weight excluding hydrogens is 395 g/mol. The second-order valence-electron chi connectivity index (χ2n) is 6.88. The number of benzene rings is 2. The summed E-state index contributed by atoms with van der Waals surface area (Å²) >= 11 is 0. The van der Waals surface area contributed by atoms with Gasteiger partial charge < -0.3 is 10.1 Å². The van der Waals surface area contributed by atoms with Crippen LogP contribution >= 0.6 is 0 Å². The zero-order valence-corrected chi connectivity index (χ0v) is 17.2. The fourth-order valence-corrected chi connectivity index (χ4v) is 4.63. The molecule has 156 valence electrons. The van der Waals surface area contributed by atoms with Crippen LogP contribution in [-0.2, 0) is 32.4 Å². The molecule has 1 aliphatic rings. The summed E-state index contributed by atoms with van der Waals surface area (Å²) < 4.78 is 46.0. The van der Waals surface area contributed by atoms with Gasteiger partial charge in [0.05, 0.1) is 13.2 Å². The summed E-state index contributed by atoms with van der Waals surface area (Å²) in [5, 5.41) is 2.66. The number of carbonyl (C=O) groups is 1. The number of anilines is 1. The van der Waals surface area contributed by atoms with Crippen molar-refractivity contribution in [2.75, 3.05) is 31.6 Å². The van der Waals surface area contributed by atoms with E-state index in [-0.39, 0.29) is 44.3 Å². The first-order valence-electron chi connectivity index (χ1n) is 9.65. The molecule has 1 amide bonds. The van der Waals surface area contributed by atoms with Gasteiger partial charge in [-0.2, -0.15) is 4.31 Å². The molecule has 1 N–H and O–H groups in total. The topological polar surface area (TPSA) is 75.7 Å². The highest BCUT2D eigenvalue weighted by Crippen LogP contribution is 2.24. The number of sulfonamides is 1. The largest absolute Gasteiger partial charge is 0.379 e. The molecule has 1 aliphatic heterocycles. The van der Waals surface area contributed by atoms with Gasteiger partial charge in [-0.15, -0.1) is 0 Å². The van der Waals surface area contributed by atoms with E-state index in [9.17, 15) is 17.6 Å². The minimum Gasteiger partial charge on any atom is -0.379 e. The van der Waals surface area contributed by atoms with Crippen LogP contribution in [0.3, 0.4) is 0 Å². The quantitative estimate of drug-likeness (QED) is 0.747. The lowest BCUT2D eigenvalue weighted by molar-refractivity contribution is -0.116. The van der Waals surface area contributed by atoms with Gasteiger partial charge in [-0.25, -0.2) is 12.8 Å². The maximum absolute atomic E-state index is 14.2. The number of nitrogens with zero attached hydrogens (tertiary/aromatic N) is 1. The molecular formula is C21H25FN2O4S. The van der Waals surface area contributed by atoms with Crippen molar-refractivity contribution in [2.24, 2.45) is 0 Å². The molecule has 0 aliphatic carbocycles. The van der Waals surface area contributed by atoms with Gasteiger partial charge in [0, 0.05) is 25.2 Å². The molecule has 2 aromatic rings. The summed E-state index contributed by atoms with van der Waals surface area (Å²) in [5.41, 5.74) is 2.54. The maximum Gasteiger partial charge on any atom is 0.246 e. The summed E-state index contributed by atoms with van der Waals surface area (Å²) in [4.78, 5) is 11.8. The molecule has 1 saturated heterocycles. The second-order valence-corrected chi connectivity index (χ2v) is 8.79. The highest BCUT2D eigenvalue weighted by molar-refractivity contribution is 7.89. The van der Waals surface area contributed by atoms with Crippen molar-refractivity contribution in [3.8, 4) is 0 Å². The van der Waals surface area contributed by atoms with E-state index >= 15 is 0 Å². The monoisotopic (exact) mass is 420 g/mol. The number of amides is 1. The first-order chi connectivity index (χ1) is 13.9. The number of hydrogen-bond donors (Lipinski definition) is 1. The molecule has 0 radical (unpaired) electrons. The van der Waals surface area contributed by atoms with E-state index in [1.54, 1.807) is 0 Å². The van der Waals surface area contributed by atoms with E-state index in [0.29, 0.717) is 6.42 Å². The molecule has 1 fully saturated rings. The molecule has 0 aromatic heterocycles. The minimum absolute atomic E-state index is 0.176. The zero-order valence-electron chi connectivity index (χ0n) is 16.4. The van der Waals surface area contributed by atoms with Crippen LogP contribution < -0.4 is 5.32 Å². The number of aryl methyl sites for hydroxylation is 2. The Kier molecular flexibility index (Phi) is 7.00. The van der Waals surface area contributed by atoms with Gasteiger partial charge in [0.2, 0.25) is 15.9 Å². The fraction of sp³-hybridized carbons (Fsp3) is 0.381. The van der Waals surface area contributed by atoms with Crippen LogP contribution in [0.2, 0.25) is 0 Å². The normalized spacial score (nSPS) is 15.2. The summed E-state index contributed by atoms with van der Waals surface area (Å²) in [6.45, 7) is 2.98. The number of carbonyl (C=O) groups excluding carboxylic acids is 1. The molecule has 2 aromatic carbocycles. The molecule has 29 heavy (non-hydrogen) atoms. The van der Waals surface area contributed by atoms with E-state index < -0.39 is 20.7 Å².